The van der Waals surface area contributed by atoms with Crippen molar-refractivity contribution in [2.75, 3.05) is 13.2 Å². The van der Waals surface area contributed by atoms with Crippen LogP contribution in [0.1, 0.15) is 42.0 Å². The van der Waals surface area contributed by atoms with Gasteiger partial charge in [0.2, 0.25) is 5.79 Å². The lowest BCUT2D eigenvalue weighted by molar-refractivity contribution is -0.389. The Bertz CT molecular complexity index is 1680. The van der Waals surface area contributed by atoms with Gasteiger partial charge in [0.15, 0.2) is 5.78 Å². The van der Waals surface area contributed by atoms with Crippen molar-refractivity contribution < 1.29 is 33.2 Å². The Labute approximate surface area is 288 Å². The van der Waals surface area contributed by atoms with E-state index in [1.54, 1.807) is 0 Å². The fourth-order valence-corrected chi connectivity index (χ4v) is 7.16. The van der Waals surface area contributed by atoms with Gasteiger partial charge in [0.05, 0.1) is 39.6 Å². The minimum absolute atomic E-state index is 0.0417. The monoisotopic (exact) mass is 660 g/mol. The molecule has 2 heterocycles. The van der Waals surface area contributed by atoms with Crippen LogP contribution in [0.25, 0.3) is 0 Å². The van der Waals surface area contributed by atoms with E-state index in [2.05, 4.69) is 12.1 Å². The SMILES string of the molecule is CC1=C2C[C@]3(OCC2CC1=O)O[C@H](COCc1ccccc1)[C@@H](OCc1ccccc1)[C@H](OCc1ccccc1)[C@H]3OCc1ccccc1. The van der Waals surface area contributed by atoms with Crippen LogP contribution in [0.3, 0.4) is 0 Å². The number of ketones is 1. The summed E-state index contributed by atoms with van der Waals surface area (Å²) in [5.74, 6) is -1.01. The van der Waals surface area contributed by atoms with E-state index in [0.717, 1.165) is 33.4 Å². The van der Waals surface area contributed by atoms with Crippen molar-refractivity contribution in [2.45, 2.75) is 76.4 Å². The number of fused-ring (bicyclic) bond motifs is 1. The van der Waals surface area contributed by atoms with Crippen LogP contribution in [0.15, 0.2) is 132 Å². The van der Waals surface area contributed by atoms with Gasteiger partial charge in [-0.3, -0.25) is 4.79 Å². The van der Waals surface area contributed by atoms with E-state index >= 15 is 0 Å². The van der Waals surface area contributed by atoms with E-state index in [0.29, 0.717) is 45.9 Å². The Hall–Kier alpha value is -3.95. The molecule has 7 nitrogen and oxygen atoms in total. The topological polar surface area (TPSA) is 72.5 Å². The van der Waals surface area contributed by atoms with Crippen LogP contribution in [0, 0.1) is 5.92 Å². The molecule has 7 rings (SSSR count). The van der Waals surface area contributed by atoms with Crippen molar-refractivity contribution in [3.05, 3.63) is 155 Å². The second kappa shape index (κ2) is 15.7. The average molecular weight is 661 g/mol. The second-order valence-corrected chi connectivity index (χ2v) is 13.2. The molecular weight excluding hydrogens is 616 g/mol. The number of hydrogen-bond donors (Lipinski definition) is 0. The molecule has 7 heteroatoms. The Kier molecular flexibility index (Phi) is 10.8. The third kappa shape index (κ3) is 7.94. The molecule has 0 amide bonds. The molecule has 254 valence electrons. The minimum Gasteiger partial charge on any atom is -0.374 e. The molecule has 6 atom stereocenters. The zero-order chi connectivity index (χ0) is 33.5. The van der Waals surface area contributed by atoms with E-state index in [1.807, 2.05) is 116 Å². The van der Waals surface area contributed by atoms with Gasteiger partial charge >= 0.3 is 0 Å². The van der Waals surface area contributed by atoms with Crippen LogP contribution in [-0.4, -0.2) is 49.2 Å². The summed E-state index contributed by atoms with van der Waals surface area (Å²) < 4.78 is 40.8. The van der Waals surface area contributed by atoms with Crippen molar-refractivity contribution in [1.29, 1.82) is 0 Å². The highest BCUT2D eigenvalue weighted by molar-refractivity contribution is 5.98. The smallest absolute Gasteiger partial charge is 0.201 e. The molecule has 2 aliphatic heterocycles. The van der Waals surface area contributed by atoms with Crippen LogP contribution < -0.4 is 0 Å². The summed E-state index contributed by atoms with van der Waals surface area (Å²) in [6.07, 6.45) is -1.53. The number of benzene rings is 4. The summed E-state index contributed by atoms with van der Waals surface area (Å²) in [5, 5.41) is 0. The van der Waals surface area contributed by atoms with Gasteiger partial charge in [0, 0.05) is 18.8 Å². The molecule has 0 N–H and O–H groups in total. The zero-order valence-corrected chi connectivity index (χ0v) is 27.9. The Morgan fingerprint density at radius 1 is 0.653 bits per heavy atom. The van der Waals surface area contributed by atoms with Crippen molar-refractivity contribution in [1.82, 2.24) is 0 Å². The Morgan fingerprint density at radius 2 is 1.14 bits per heavy atom. The van der Waals surface area contributed by atoms with Crippen LogP contribution in [0.4, 0.5) is 0 Å². The third-order valence-electron chi connectivity index (χ3n) is 9.80. The van der Waals surface area contributed by atoms with Crippen LogP contribution in [0.2, 0.25) is 0 Å². The molecule has 0 bridgehead atoms. The lowest BCUT2D eigenvalue weighted by Gasteiger charge is -2.54. The quantitative estimate of drug-likeness (QED) is 0.148. The van der Waals surface area contributed by atoms with E-state index < -0.39 is 30.2 Å². The molecule has 4 aromatic carbocycles. The number of rotatable bonds is 13. The molecule has 49 heavy (non-hydrogen) atoms. The van der Waals surface area contributed by atoms with Gasteiger partial charge in [-0.2, -0.15) is 0 Å². The Morgan fingerprint density at radius 3 is 1.69 bits per heavy atom. The first-order valence-corrected chi connectivity index (χ1v) is 17.2. The fraction of sp³-hybridized carbons (Fsp3) is 0.357. The first-order valence-electron chi connectivity index (χ1n) is 17.2. The molecule has 0 saturated carbocycles. The maximum atomic E-state index is 12.9. The Balaban J connectivity index is 1.25. The van der Waals surface area contributed by atoms with Crippen molar-refractivity contribution in [3.8, 4) is 0 Å². The first-order chi connectivity index (χ1) is 24.1. The maximum absolute atomic E-state index is 12.9. The summed E-state index contributed by atoms with van der Waals surface area (Å²) >= 11 is 0. The predicted octanol–water partition coefficient (Wildman–Crippen LogP) is 7.38. The molecule has 1 spiro atoms. The number of allylic oxidation sites excluding steroid dienone is 1. The summed E-state index contributed by atoms with van der Waals surface area (Å²) in [6.45, 7) is 3.98. The van der Waals surface area contributed by atoms with Gasteiger partial charge in [-0.15, -0.1) is 0 Å². The van der Waals surface area contributed by atoms with Crippen molar-refractivity contribution in [3.63, 3.8) is 0 Å². The molecule has 1 unspecified atom stereocenters. The number of carbonyl (C=O) groups is 1. The van der Waals surface area contributed by atoms with Gasteiger partial charge in [0.1, 0.15) is 24.4 Å². The normalized spacial score (nSPS) is 26.6. The summed E-state index contributed by atoms with van der Waals surface area (Å²) in [4.78, 5) is 12.9. The number of hydrogen-bond acceptors (Lipinski definition) is 7. The molecule has 2 fully saturated rings. The zero-order valence-electron chi connectivity index (χ0n) is 27.9. The molecule has 0 radical (unpaired) electrons. The number of Topliss-reactive ketones (excluding diaryl/α,β-unsaturated/α-hetero) is 1. The molecule has 0 aromatic heterocycles. The molecule has 4 aromatic rings. The second-order valence-electron chi connectivity index (χ2n) is 13.2. The lowest BCUT2D eigenvalue weighted by atomic mass is 9.82. The third-order valence-corrected chi connectivity index (χ3v) is 9.80. The van der Waals surface area contributed by atoms with Crippen molar-refractivity contribution in [2.24, 2.45) is 5.92 Å². The van der Waals surface area contributed by atoms with Gasteiger partial charge in [-0.05, 0) is 34.8 Å². The highest BCUT2D eigenvalue weighted by Gasteiger charge is 2.60. The minimum atomic E-state index is -1.22. The van der Waals surface area contributed by atoms with Gasteiger partial charge in [-0.1, -0.05) is 127 Å². The predicted molar refractivity (Wildman–Crippen MR) is 185 cm³/mol. The standard InChI is InChI=1S/C42H44O7/c1-30-36-23-42(48-28-35(36)22-37(30)43)41(47-27-34-20-12-5-13-21-34)40(46-26-33-18-10-4-11-19-33)39(45-25-32-16-8-3-9-17-32)38(49-42)29-44-24-31-14-6-2-7-15-31/h2-21,35,38-41H,22-29H2,1H3/t35?,38-,39-,40+,41-,42+/m1/s1. The maximum Gasteiger partial charge on any atom is 0.201 e. The van der Waals surface area contributed by atoms with Gasteiger partial charge < -0.3 is 28.4 Å². The summed E-state index contributed by atoms with van der Waals surface area (Å²) in [5.41, 5.74) is 6.05. The van der Waals surface area contributed by atoms with E-state index in [-0.39, 0.29) is 18.3 Å². The number of ether oxygens (including phenoxy) is 6. The van der Waals surface area contributed by atoms with Crippen LogP contribution in [0.5, 0.6) is 0 Å². The van der Waals surface area contributed by atoms with E-state index in [1.165, 1.54) is 0 Å². The molecule has 2 saturated heterocycles. The highest BCUT2D eigenvalue weighted by atomic mass is 16.7. The average Bonchev–Trinajstić information content (AvgIpc) is 3.43. The van der Waals surface area contributed by atoms with Gasteiger partial charge in [-0.25, -0.2) is 0 Å². The molecule has 1 aliphatic carbocycles. The first kappa shape index (κ1) is 33.5. The van der Waals surface area contributed by atoms with E-state index in [4.69, 9.17) is 28.4 Å². The highest BCUT2D eigenvalue weighted by Crippen LogP contribution is 2.48. The summed E-state index contributed by atoms with van der Waals surface area (Å²) in [7, 11) is 0. The van der Waals surface area contributed by atoms with Crippen LogP contribution in [-0.2, 0) is 59.6 Å². The molecular formula is C42H44O7. The lowest BCUT2D eigenvalue weighted by Crippen LogP contribution is -2.69. The van der Waals surface area contributed by atoms with Gasteiger partial charge in [0.25, 0.3) is 0 Å². The summed E-state index contributed by atoms with van der Waals surface area (Å²) in [6, 6.07) is 40.4. The van der Waals surface area contributed by atoms with Crippen molar-refractivity contribution >= 4 is 5.78 Å². The molecule has 3 aliphatic rings. The largest absolute Gasteiger partial charge is 0.374 e. The van der Waals surface area contributed by atoms with Crippen LogP contribution >= 0.6 is 0 Å². The number of carbonyl (C=O) groups excluding carboxylic acids is 1. The van der Waals surface area contributed by atoms with E-state index in [9.17, 15) is 4.79 Å². The fourth-order valence-electron chi connectivity index (χ4n) is 7.16.